The van der Waals surface area contributed by atoms with Gasteiger partial charge < -0.3 is 19.3 Å². The molecule has 5 aliphatic rings. The molecule has 4 fully saturated rings. The highest BCUT2D eigenvalue weighted by atomic mass is 16.5. The zero-order valence-electron chi connectivity index (χ0n) is 16.8. The van der Waals surface area contributed by atoms with Gasteiger partial charge in [-0.3, -0.25) is 0 Å². The molecule has 1 unspecified atom stereocenters. The molecule has 0 N–H and O–H groups in total. The summed E-state index contributed by atoms with van der Waals surface area (Å²) in [6.07, 6.45) is 8.14. The van der Waals surface area contributed by atoms with E-state index in [4.69, 9.17) is 9.47 Å². The normalized spacial score (nSPS) is 36.4. The Morgan fingerprint density at radius 2 is 2.00 bits per heavy atom. The Bertz CT molecular complexity index is 766. The molecule has 3 saturated heterocycles. The molecule has 4 heteroatoms. The van der Waals surface area contributed by atoms with E-state index in [-0.39, 0.29) is 0 Å². The fourth-order valence-electron chi connectivity index (χ4n) is 7.14. The molecule has 1 aromatic carbocycles. The number of hydrogen-bond acceptors (Lipinski definition) is 4. The van der Waals surface area contributed by atoms with Crippen LogP contribution in [-0.4, -0.2) is 57.9 Å². The van der Waals surface area contributed by atoms with Crippen molar-refractivity contribution in [1.82, 2.24) is 4.90 Å². The second-order valence-corrected chi connectivity index (χ2v) is 10.0. The van der Waals surface area contributed by atoms with Gasteiger partial charge in [-0.1, -0.05) is 12.8 Å². The van der Waals surface area contributed by atoms with Crippen molar-refractivity contribution in [3.05, 3.63) is 23.3 Å². The predicted molar refractivity (Wildman–Crippen MR) is 107 cm³/mol. The van der Waals surface area contributed by atoms with Crippen LogP contribution in [-0.2, 0) is 16.6 Å². The fourth-order valence-corrected chi connectivity index (χ4v) is 7.14. The predicted octanol–water partition coefficient (Wildman–Crippen LogP) is 3.22. The SMILES string of the molecule is COc1cc2c(cc1N1CC3(COC3)C1)C[C@H]1C3CCCC[C@@]23CCN1C. The van der Waals surface area contributed by atoms with Gasteiger partial charge in [-0.2, -0.15) is 0 Å². The summed E-state index contributed by atoms with van der Waals surface area (Å²) in [5.74, 6) is 1.94. The van der Waals surface area contributed by atoms with Crippen molar-refractivity contribution >= 4 is 5.69 Å². The summed E-state index contributed by atoms with van der Waals surface area (Å²) in [7, 11) is 4.21. The summed E-state index contributed by atoms with van der Waals surface area (Å²) in [6, 6.07) is 5.68. The summed E-state index contributed by atoms with van der Waals surface area (Å²) in [5, 5.41) is 0. The van der Waals surface area contributed by atoms with Crippen molar-refractivity contribution in [2.24, 2.45) is 11.3 Å². The molecular weight excluding hydrogens is 336 g/mol. The third-order valence-electron chi connectivity index (χ3n) is 8.62. The number of rotatable bonds is 2. The van der Waals surface area contributed by atoms with Gasteiger partial charge in [-0.25, -0.2) is 0 Å². The number of methoxy groups -OCH3 is 1. The van der Waals surface area contributed by atoms with Crippen LogP contribution in [0.5, 0.6) is 5.75 Å². The number of fused-ring (bicyclic) bond motifs is 1. The van der Waals surface area contributed by atoms with E-state index < -0.39 is 0 Å². The summed E-state index contributed by atoms with van der Waals surface area (Å²) in [4.78, 5) is 5.18. The number of nitrogens with zero attached hydrogens (tertiary/aromatic N) is 2. The minimum Gasteiger partial charge on any atom is -0.495 e. The van der Waals surface area contributed by atoms with Gasteiger partial charge in [-0.05, 0) is 68.5 Å². The minimum atomic E-state index is 0.410. The fraction of sp³-hybridized carbons (Fsp3) is 0.739. The average Bonchev–Trinajstić information content (AvgIpc) is 2.62. The van der Waals surface area contributed by atoms with Crippen molar-refractivity contribution in [3.8, 4) is 5.75 Å². The average molecular weight is 369 g/mol. The van der Waals surface area contributed by atoms with E-state index in [1.165, 1.54) is 50.8 Å². The van der Waals surface area contributed by atoms with Gasteiger partial charge in [0.2, 0.25) is 0 Å². The van der Waals surface area contributed by atoms with Crippen LogP contribution < -0.4 is 9.64 Å². The monoisotopic (exact) mass is 368 g/mol. The quantitative estimate of drug-likeness (QED) is 0.800. The molecule has 3 heterocycles. The number of ether oxygens (including phenoxy) is 2. The molecule has 0 aromatic heterocycles. The lowest BCUT2D eigenvalue weighted by molar-refractivity contribution is -0.127. The molecule has 4 nitrogen and oxygen atoms in total. The number of piperidine rings is 1. The topological polar surface area (TPSA) is 24.9 Å². The summed E-state index contributed by atoms with van der Waals surface area (Å²) in [6.45, 7) is 5.38. The van der Waals surface area contributed by atoms with Gasteiger partial charge in [0.15, 0.2) is 0 Å². The first kappa shape index (κ1) is 16.7. The van der Waals surface area contributed by atoms with Gasteiger partial charge in [-0.15, -0.1) is 0 Å². The van der Waals surface area contributed by atoms with Crippen molar-refractivity contribution in [2.45, 2.75) is 50.0 Å². The molecule has 6 rings (SSSR count). The van der Waals surface area contributed by atoms with E-state index in [0.717, 1.165) is 44.0 Å². The van der Waals surface area contributed by atoms with Crippen LogP contribution in [0.15, 0.2) is 12.1 Å². The Kier molecular flexibility index (Phi) is 3.48. The van der Waals surface area contributed by atoms with Crippen molar-refractivity contribution in [3.63, 3.8) is 0 Å². The molecule has 27 heavy (non-hydrogen) atoms. The molecule has 3 aliphatic heterocycles. The van der Waals surface area contributed by atoms with Crippen LogP contribution in [0.1, 0.15) is 43.2 Å². The highest BCUT2D eigenvalue weighted by Gasteiger charge is 2.54. The van der Waals surface area contributed by atoms with Crippen molar-refractivity contribution < 1.29 is 9.47 Å². The molecule has 2 aliphatic carbocycles. The highest BCUT2D eigenvalue weighted by molar-refractivity contribution is 5.66. The van der Waals surface area contributed by atoms with Gasteiger partial charge in [0.05, 0.1) is 31.4 Å². The molecule has 1 aromatic rings. The molecule has 2 bridgehead atoms. The zero-order chi connectivity index (χ0) is 18.2. The standard InChI is InChI=1S/C23H32N2O2/c1-24-8-7-23-6-4-3-5-17(23)19(24)9-16-10-20(21(26-2)11-18(16)23)25-12-22(13-25)14-27-15-22/h10-11,17,19H,3-9,12-15H2,1-2H3/t17?,19-,23-/m0/s1. The Morgan fingerprint density at radius 1 is 1.15 bits per heavy atom. The molecule has 146 valence electrons. The lowest BCUT2D eigenvalue weighted by Crippen LogP contribution is -2.66. The van der Waals surface area contributed by atoms with Crippen LogP contribution in [0.4, 0.5) is 5.69 Å². The number of hydrogen-bond donors (Lipinski definition) is 0. The smallest absolute Gasteiger partial charge is 0.142 e. The van der Waals surface area contributed by atoms with Crippen molar-refractivity contribution in [1.29, 1.82) is 0 Å². The second kappa shape index (κ2) is 5.64. The minimum absolute atomic E-state index is 0.410. The molecule has 3 atom stereocenters. The summed E-state index contributed by atoms with van der Waals surface area (Å²) < 4.78 is 11.4. The maximum atomic E-state index is 5.94. The first-order valence-electron chi connectivity index (χ1n) is 10.9. The lowest BCUT2D eigenvalue weighted by Gasteiger charge is -2.59. The Morgan fingerprint density at radius 3 is 2.74 bits per heavy atom. The first-order chi connectivity index (χ1) is 13.1. The molecule has 0 radical (unpaired) electrons. The molecule has 1 spiro atoms. The molecule has 0 amide bonds. The number of anilines is 1. The van der Waals surface area contributed by atoms with E-state index in [9.17, 15) is 0 Å². The van der Waals surface area contributed by atoms with Crippen LogP contribution >= 0.6 is 0 Å². The van der Waals surface area contributed by atoms with E-state index >= 15 is 0 Å². The lowest BCUT2D eigenvalue weighted by atomic mass is 9.52. The van der Waals surface area contributed by atoms with E-state index in [1.807, 2.05) is 7.11 Å². The Hall–Kier alpha value is -1.26. The van der Waals surface area contributed by atoms with E-state index in [0.29, 0.717) is 10.8 Å². The van der Waals surface area contributed by atoms with Gasteiger partial charge in [0, 0.05) is 24.5 Å². The number of benzene rings is 1. The molecule has 1 saturated carbocycles. The Balaban J connectivity index is 1.42. The highest BCUT2D eigenvalue weighted by Crippen LogP contribution is 2.57. The maximum absolute atomic E-state index is 5.94. The van der Waals surface area contributed by atoms with Gasteiger partial charge >= 0.3 is 0 Å². The third kappa shape index (κ3) is 2.17. The molecular formula is C23H32N2O2. The van der Waals surface area contributed by atoms with E-state index in [1.54, 1.807) is 11.1 Å². The van der Waals surface area contributed by atoms with Gasteiger partial charge in [0.25, 0.3) is 0 Å². The van der Waals surface area contributed by atoms with Crippen LogP contribution in [0.25, 0.3) is 0 Å². The Labute approximate surface area is 162 Å². The van der Waals surface area contributed by atoms with E-state index in [2.05, 4.69) is 29.0 Å². The van der Waals surface area contributed by atoms with Gasteiger partial charge in [0.1, 0.15) is 5.75 Å². The number of likely N-dealkylation sites (tertiary alicyclic amines) is 1. The second-order valence-electron chi connectivity index (χ2n) is 10.0. The summed E-state index contributed by atoms with van der Waals surface area (Å²) >= 11 is 0. The van der Waals surface area contributed by atoms with Crippen molar-refractivity contribution in [2.75, 3.05) is 51.9 Å². The number of likely N-dealkylation sites (N-methyl/N-ethyl adjacent to an activating group) is 1. The first-order valence-corrected chi connectivity index (χ1v) is 10.9. The summed E-state index contributed by atoms with van der Waals surface area (Å²) in [5.41, 5.74) is 5.41. The van der Waals surface area contributed by atoms with Crippen LogP contribution in [0.2, 0.25) is 0 Å². The third-order valence-corrected chi connectivity index (χ3v) is 8.62. The maximum Gasteiger partial charge on any atom is 0.142 e. The van der Waals surface area contributed by atoms with Crippen LogP contribution in [0.3, 0.4) is 0 Å². The zero-order valence-corrected chi connectivity index (χ0v) is 16.8. The largest absolute Gasteiger partial charge is 0.495 e. The van der Waals surface area contributed by atoms with Crippen LogP contribution in [0, 0.1) is 11.3 Å².